The van der Waals surface area contributed by atoms with Gasteiger partial charge in [0.25, 0.3) is 5.91 Å². The number of rotatable bonds is 6. The molecule has 1 fully saturated rings. The quantitative estimate of drug-likeness (QED) is 0.687. The molecule has 150 valence electrons. The highest BCUT2D eigenvalue weighted by molar-refractivity contribution is 5.82. The number of carbonyl (C=O) groups excluding carboxylic acids is 2. The molecule has 1 amide bonds. The minimum atomic E-state index is -0.864. The average molecular weight is 394 g/mol. The number of amides is 1. The molecule has 2 heterocycles. The van der Waals surface area contributed by atoms with Gasteiger partial charge in [0.15, 0.2) is 12.7 Å². The van der Waals surface area contributed by atoms with Crippen molar-refractivity contribution in [2.24, 2.45) is 0 Å². The molecule has 8 heteroatoms. The Bertz CT molecular complexity index is 872. The second-order valence-corrected chi connectivity index (χ2v) is 6.56. The molecule has 1 atom stereocenters. The van der Waals surface area contributed by atoms with Crippen molar-refractivity contribution >= 4 is 17.7 Å². The molecule has 1 aliphatic rings. The molecule has 1 saturated heterocycles. The van der Waals surface area contributed by atoms with Crippen LogP contribution in [-0.4, -0.2) is 60.7 Å². The lowest BCUT2D eigenvalue weighted by molar-refractivity contribution is -0.157. The van der Waals surface area contributed by atoms with E-state index < -0.39 is 12.1 Å². The lowest BCUT2D eigenvalue weighted by atomic mass is 10.2. The summed E-state index contributed by atoms with van der Waals surface area (Å²) in [6.45, 7) is 3.68. The van der Waals surface area contributed by atoms with Crippen LogP contribution in [0.15, 0.2) is 48.7 Å². The van der Waals surface area contributed by atoms with E-state index in [0.29, 0.717) is 37.5 Å². The Hall–Kier alpha value is -3.60. The van der Waals surface area contributed by atoms with Crippen molar-refractivity contribution in [3.05, 3.63) is 54.2 Å². The van der Waals surface area contributed by atoms with Crippen LogP contribution in [0, 0.1) is 11.3 Å². The molecule has 3 rings (SSSR count). The summed E-state index contributed by atoms with van der Waals surface area (Å²) in [5.41, 5.74) is 0.501. The Morgan fingerprint density at radius 3 is 2.48 bits per heavy atom. The first-order chi connectivity index (χ1) is 14.1. The van der Waals surface area contributed by atoms with Gasteiger partial charge in [0.2, 0.25) is 0 Å². The lowest BCUT2D eigenvalue weighted by Crippen LogP contribution is -2.50. The number of pyridine rings is 1. The van der Waals surface area contributed by atoms with Crippen molar-refractivity contribution in [3.63, 3.8) is 0 Å². The standard InChI is InChI=1S/C21H22N4O4/c1-16(29-18-7-5-17(14-22)6-8-18)21(27)28-15-20(26)25-12-10-24(11-13-25)19-4-2-3-9-23-19/h2-9,16H,10-13,15H2,1H3. The SMILES string of the molecule is CC(Oc1ccc(C#N)cc1)C(=O)OCC(=O)N1CCN(c2ccccn2)CC1. The second-order valence-electron chi connectivity index (χ2n) is 6.56. The number of aromatic nitrogens is 1. The van der Waals surface area contributed by atoms with Crippen molar-refractivity contribution in [2.45, 2.75) is 13.0 Å². The number of ether oxygens (including phenoxy) is 2. The van der Waals surface area contributed by atoms with Gasteiger partial charge in [0, 0.05) is 32.4 Å². The summed E-state index contributed by atoms with van der Waals surface area (Å²) in [7, 11) is 0. The smallest absolute Gasteiger partial charge is 0.347 e. The molecule has 8 nitrogen and oxygen atoms in total. The fourth-order valence-corrected chi connectivity index (χ4v) is 2.93. The monoisotopic (exact) mass is 394 g/mol. The summed E-state index contributed by atoms with van der Waals surface area (Å²) in [5.74, 6) is 0.490. The Morgan fingerprint density at radius 2 is 1.86 bits per heavy atom. The van der Waals surface area contributed by atoms with Gasteiger partial charge < -0.3 is 19.3 Å². The zero-order chi connectivity index (χ0) is 20.6. The third-order valence-corrected chi connectivity index (χ3v) is 4.57. The van der Waals surface area contributed by atoms with Crippen LogP contribution in [0.1, 0.15) is 12.5 Å². The van der Waals surface area contributed by atoms with Crippen LogP contribution in [0.2, 0.25) is 0 Å². The first-order valence-electron chi connectivity index (χ1n) is 9.34. The Labute approximate surface area is 169 Å². The van der Waals surface area contributed by atoms with E-state index in [0.717, 1.165) is 5.82 Å². The predicted octanol–water partition coefficient (Wildman–Crippen LogP) is 1.61. The summed E-state index contributed by atoms with van der Waals surface area (Å²) >= 11 is 0. The molecular formula is C21H22N4O4. The molecule has 29 heavy (non-hydrogen) atoms. The molecule has 1 aliphatic heterocycles. The number of piperazine rings is 1. The third-order valence-electron chi connectivity index (χ3n) is 4.57. The summed E-state index contributed by atoms with van der Waals surface area (Å²) in [4.78, 5) is 32.6. The van der Waals surface area contributed by atoms with E-state index in [1.807, 2.05) is 24.3 Å². The van der Waals surface area contributed by atoms with Gasteiger partial charge in [-0.15, -0.1) is 0 Å². The van der Waals surface area contributed by atoms with Crippen LogP contribution in [0.3, 0.4) is 0 Å². The van der Waals surface area contributed by atoms with Gasteiger partial charge in [-0.2, -0.15) is 5.26 Å². The fourth-order valence-electron chi connectivity index (χ4n) is 2.93. The van der Waals surface area contributed by atoms with Crippen molar-refractivity contribution in [1.82, 2.24) is 9.88 Å². The summed E-state index contributed by atoms with van der Waals surface area (Å²) < 4.78 is 10.6. The highest BCUT2D eigenvalue weighted by atomic mass is 16.6. The van der Waals surface area contributed by atoms with Gasteiger partial charge in [-0.3, -0.25) is 4.79 Å². The van der Waals surface area contributed by atoms with E-state index in [1.54, 1.807) is 42.3 Å². The Kier molecular flexibility index (Phi) is 6.63. The first-order valence-corrected chi connectivity index (χ1v) is 9.34. The normalized spacial score (nSPS) is 14.6. The van der Waals surface area contributed by atoms with Gasteiger partial charge >= 0.3 is 5.97 Å². The van der Waals surface area contributed by atoms with Gasteiger partial charge in [-0.1, -0.05) is 6.07 Å². The van der Waals surface area contributed by atoms with E-state index in [9.17, 15) is 9.59 Å². The molecular weight excluding hydrogens is 372 g/mol. The Balaban J connectivity index is 1.41. The van der Waals surface area contributed by atoms with Crippen LogP contribution in [0.4, 0.5) is 5.82 Å². The highest BCUT2D eigenvalue weighted by Gasteiger charge is 2.24. The van der Waals surface area contributed by atoms with Crippen LogP contribution < -0.4 is 9.64 Å². The molecule has 0 saturated carbocycles. The number of carbonyl (C=O) groups is 2. The number of nitriles is 1. The number of nitrogens with zero attached hydrogens (tertiary/aromatic N) is 4. The van der Waals surface area contributed by atoms with Crippen LogP contribution in [-0.2, 0) is 14.3 Å². The average Bonchev–Trinajstić information content (AvgIpc) is 2.78. The maximum atomic E-state index is 12.3. The first kappa shape index (κ1) is 20.1. The maximum absolute atomic E-state index is 12.3. The minimum Gasteiger partial charge on any atom is -0.479 e. The van der Waals surface area contributed by atoms with Crippen molar-refractivity contribution in [3.8, 4) is 11.8 Å². The van der Waals surface area contributed by atoms with Gasteiger partial charge in [0.1, 0.15) is 11.6 Å². The van der Waals surface area contributed by atoms with Gasteiger partial charge in [0.05, 0.1) is 11.6 Å². The van der Waals surface area contributed by atoms with Crippen molar-refractivity contribution in [2.75, 3.05) is 37.7 Å². The van der Waals surface area contributed by atoms with E-state index in [1.165, 1.54) is 0 Å². The zero-order valence-corrected chi connectivity index (χ0v) is 16.2. The molecule has 2 aromatic rings. The largest absolute Gasteiger partial charge is 0.479 e. The van der Waals surface area contributed by atoms with E-state index in [4.69, 9.17) is 14.7 Å². The Morgan fingerprint density at radius 1 is 1.14 bits per heavy atom. The molecule has 0 bridgehead atoms. The van der Waals surface area contributed by atoms with Gasteiger partial charge in [-0.05, 0) is 43.3 Å². The second kappa shape index (κ2) is 9.55. The number of hydrogen-bond acceptors (Lipinski definition) is 7. The molecule has 1 aromatic carbocycles. The predicted molar refractivity (Wildman–Crippen MR) is 105 cm³/mol. The highest BCUT2D eigenvalue weighted by Crippen LogP contribution is 2.15. The molecule has 1 aromatic heterocycles. The molecule has 0 spiro atoms. The summed E-state index contributed by atoms with van der Waals surface area (Å²) in [5, 5.41) is 8.79. The number of anilines is 1. The van der Waals surface area contributed by atoms with Crippen LogP contribution >= 0.6 is 0 Å². The van der Waals surface area contributed by atoms with E-state index in [2.05, 4.69) is 9.88 Å². The van der Waals surface area contributed by atoms with E-state index >= 15 is 0 Å². The maximum Gasteiger partial charge on any atom is 0.347 e. The third kappa shape index (κ3) is 5.45. The molecule has 0 N–H and O–H groups in total. The van der Waals surface area contributed by atoms with Crippen molar-refractivity contribution < 1.29 is 19.1 Å². The van der Waals surface area contributed by atoms with Crippen molar-refractivity contribution in [1.29, 1.82) is 5.26 Å². The summed E-state index contributed by atoms with van der Waals surface area (Å²) in [6.07, 6.45) is 0.879. The number of benzene rings is 1. The van der Waals surface area contributed by atoms with Crippen LogP contribution in [0.25, 0.3) is 0 Å². The zero-order valence-electron chi connectivity index (χ0n) is 16.2. The topological polar surface area (TPSA) is 95.8 Å². The van der Waals surface area contributed by atoms with E-state index in [-0.39, 0.29) is 12.5 Å². The minimum absolute atomic E-state index is 0.232. The summed E-state index contributed by atoms with van der Waals surface area (Å²) in [6, 6.07) is 14.2. The van der Waals surface area contributed by atoms with Crippen LogP contribution in [0.5, 0.6) is 5.75 Å². The number of esters is 1. The lowest BCUT2D eigenvalue weighted by Gasteiger charge is -2.35. The molecule has 0 aliphatic carbocycles. The fraction of sp³-hybridized carbons (Fsp3) is 0.333. The number of hydrogen-bond donors (Lipinski definition) is 0. The molecule has 0 radical (unpaired) electrons. The van der Waals surface area contributed by atoms with Gasteiger partial charge in [-0.25, -0.2) is 9.78 Å². The molecule has 1 unspecified atom stereocenters.